The summed E-state index contributed by atoms with van der Waals surface area (Å²) in [5.74, 6) is 9.09. The van der Waals surface area contributed by atoms with Crippen molar-refractivity contribution in [1.29, 1.82) is 0 Å². The van der Waals surface area contributed by atoms with Gasteiger partial charge in [0.1, 0.15) is 69.0 Å². The Labute approximate surface area is 293 Å². The maximum atomic E-state index is 7.02. The van der Waals surface area contributed by atoms with Gasteiger partial charge < -0.3 is 28.4 Å². The van der Waals surface area contributed by atoms with Crippen LogP contribution in [0.3, 0.4) is 0 Å². The van der Waals surface area contributed by atoms with Crippen LogP contribution in [0.25, 0.3) is 0 Å². The molecule has 0 saturated carbocycles. The first-order valence-electron chi connectivity index (χ1n) is 17.3. The molecule has 0 radical (unpaired) electrons. The first kappa shape index (κ1) is 26.4. The van der Waals surface area contributed by atoms with Crippen LogP contribution in [0.4, 0.5) is 0 Å². The van der Waals surface area contributed by atoms with E-state index in [1.807, 2.05) is 66.7 Å². The van der Waals surface area contributed by atoms with E-state index in [4.69, 9.17) is 28.4 Å². The first-order chi connectivity index (χ1) is 25.3. The van der Waals surface area contributed by atoms with Gasteiger partial charge in [0.25, 0.3) is 20.1 Å². The third kappa shape index (κ3) is 3.27. The van der Waals surface area contributed by atoms with Gasteiger partial charge in [-0.15, -0.1) is 0 Å². The molecule has 0 bridgehead atoms. The fourth-order valence-corrected chi connectivity index (χ4v) is 9.26. The minimum Gasteiger partial charge on any atom is -0.459 e. The molecule has 234 valence electrons. The highest BCUT2D eigenvalue weighted by Crippen LogP contribution is 2.45. The van der Waals surface area contributed by atoms with Crippen LogP contribution in [-0.4, -0.2) is 20.1 Å². The Morgan fingerprint density at radius 2 is 0.569 bits per heavy atom. The summed E-state index contributed by atoms with van der Waals surface area (Å²) < 4.78 is 41.0. The van der Waals surface area contributed by atoms with Crippen LogP contribution in [-0.2, 0) is 0 Å². The highest BCUT2D eigenvalue weighted by atomic mass is 16.5. The van der Waals surface area contributed by atoms with Gasteiger partial charge in [-0.1, -0.05) is 78.9 Å². The molecule has 7 aromatic rings. The highest BCUT2D eigenvalue weighted by Gasteiger charge is 2.52. The number of ether oxygens (including phenoxy) is 6. The average molecular weight is 654 g/mol. The number of benzene rings is 7. The van der Waals surface area contributed by atoms with Crippen LogP contribution in [0.15, 0.2) is 127 Å². The lowest BCUT2D eigenvalue weighted by Gasteiger charge is -2.40. The Balaban J connectivity index is 1.13. The zero-order valence-electron chi connectivity index (χ0n) is 26.8. The number of fused-ring (bicyclic) bond motifs is 14. The van der Waals surface area contributed by atoms with E-state index < -0.39 is 0 Å². The minimum atomic E-state index is -0.338. The fourth-order valence-electron chi connectivity index (χ4n) is 9.26. The third-order valence-corrected chi connectivity index (χ3v) is 11.3. The highest BCUT2D eigenvalue weighted by molar-refractivity contribution is 7.03. The molecule has 0 spiro atoms. The molecule has 6 aliphatic rings. The Hall–Kier alpha value is -6.47. The molecular formula is C42H21B3O6. The molecule has 0 amide bonds. The van der Waals surface area contributed by atoms with Crippen molar-refractivity contribution in [2.45, 2.75) is 0 Å². The predicted molar refractivity (Wildman–Crippen MR) is 200 cm³/mol. The molecule has 0 atom stereocenters. The fraction of sp³-hybridized carbons (Fsp3) is 0. The second-order valence-corrected chi connectivity index (χ2v) is 13.8. The summed E-state index contributed by atoms with van der Waals surface area (Å²) in [4.78, 5) is 0. The molecule has 0 fully saturated rings. The number of para-hydroxylation sites is 4. The monoisotopic (exact) mass is 654 g/mol. The van der Waals surface area contributed by atoms with Gasteiger partial charge in [-0.2, -0.15) is 0 Å². The van der Waals surface area contributed by atoms with Crippen molar-refractivity contribution >= 4 is 69.3 Å². The maximum Gasteiger partial charge on any atom is 0.270 e. The first-order valence-corrected chi connectivity index (χ1v) is 17.3. The van der Waals surface area contributed by atoms with Gasteiger partial charge >= 0.3 is 0 Å². The molecule has 6 aliphatic heterocycles. The third-order valence-electron chi connectivity index (χ3n) is 11.3. The van der Waals surface area contributed by atoms with Crippen LogP contribution < -0.4 is 77.6 Å². The van der Waals surface area contributed by atoms with Gasteiger partial charge in [0.05, 0.1) is 0 Å². The molecule has 6 nitrogen and oxygen atoms in total. The molecule has 13 rings (SSSR count). The second kappa shape index (κ2) is 9.20. The summed E-state index contributed by atoms with van der Waals surface area (Å²) in [6, 6.07) is 43.2. The molecule has 0 unspecified atom stereocenters. The number of hydrogen-bond donors (Lipinski definition) is 0. The Morgan fingerprint density at radius 1 is 0.255 bits per heavy atom. The molecule has 51 heavy (non-hydrogen) atoms. The lowest BCUT2D eigenvalue weighted by molar-refractivity contribution is 0.436. The Kier molecular flexibility index (Phi) is 4.76. The average Bonchev–Trinajstić information content (AvgIpc) is 3.17. The summed E-state index contributed by atoms with van der Waals surface area (Å²) in [6.45, 7) is -0.494. The van der Waals surface area contributed by atoms with Gasteiger partial charge in [-0.25, -0.2) is 0 Å². The second-order valence-electron chi connectivity index (χ2n) is 13.8. The molecule has 9 heteroatoms. The van der Waals surface area contributed by atoms with E-state index in [1.54, 1.807) is 0 Å². The zero-order valence-corrected chi connectivity index (χ0v) is 26.8. The van der Waals surface area contributed by atoms with E-state index in [-0.39, 0.29) is 20.1 Å². The van der Waals surface area contributed by atoms with E-state index in [9.17, 15) is 0 Å². The topological polar surface area (TPSA) is 55.4 Å². The predicted octanol–water partition coefficient (Wildman–Crippen LogP) is 3.87. The zero-order chi connectivity index (χ0) is 32.9. The molecule has 0 saturated heterocycles. The Bertz CT molecular complexity index is 2560. The van der Waals surface area contributed by atoms with E-state index in [1.165, 1.54) is 0 Å². The molecule has 6 heterocycles. The summed E-state index contributed by atoms with van der Waals surface area (Å²) >= 11 is 0. The lowest BCUT2D eigenvalue weighted by atomic mass is 9.29. The van der Waals surface area contributed by atoms with Gasteiger partial charge in [0.2, 0.25) is 0 Å². The number of rotatable bonds is 0. The van der Waals surface area contributed by atoms with Crippen molar-refractivity contribution < 1.29 is 28.4 Å². The SMILES string of the molecule is c1ccc2c(c1)Oc1cc3c(c4c1B2c1ccccc1O4)B1c2c(cccc2Oc2cc4c5c(c21)Oc1ccccc1B5c1ccccc1O4)O3. The summed E-state index contributed by atoms with van der Waals surface area (Å²) in [6.07, 6.45) is 0. The van der Waals surface area contributed by atoms with Crippen molar-refractivity contribution in [3.8, 4) is 69.0 Å². The van der Waals surface area contributed by atoms with Crippen molar-refractivity contribution in [3.05, 3.63) is 127 Å². The lowest BCUT2D eigenvalue weighted by Crippen LogP contribution is -2.64. The molecule has 0 N–H and O–H groups in total. The van der Waals surface area contributed by atoms with Crippen LogP contribution in [0.5, 0.6) is 69.0 Å². The van der Waals surface area contributed by atoms with Crippen molar-refractivity contribution in [2.24, 2.45) is 0 Å². The van der Waals surface area contributed by atoms with Crippen LogP contribution >= 0.6 is 0 Å². The van der Waals surface area contributed by atoms with E-state index >= 15 is 0 Å². The standard InChI is InChI=1S/C42H21B3O6/c1-5-14-26-22(10-1)43-24-12-3-7-16-28(24)50-41-37(43)32(46-26)20-34-39(41)45-36-30(48-34)18-9-19-31(36)49-35-21-33-38-42(40(35)45)51-29-17-8-4-13-25(29)44(38)23-11-2-6-15-27(23)47-33/h1-21H. The maximum absolute atomic E-state index is 7.02. The summed E-state index contributed by atoms with van der Waals surface area (Å²) in [5.41, 5.74) is 9.21. The van der Waals surface area contributed by atoms with Crippen molar-refractivity contribution in [3.63, 3.8) is 0 Å². The minimum absolute atomic E-state index is 0.0783. The summed E-state index contributed by atoms with van der Waals surface area (Å²) in [5, 5.41) is 0. The molecule has 0 aromatic heterocycles. The largest absolute Gasteiger partial charge is 0.459 e. The molecule has 0 aliphatic carbocycles. The van der Waals surface area contributed by atoms with E-state index in [0.29, 0.717) is 11.5 Å². The van der Waals surface area contributed by atoms with Crippen LogP contribution in [0.2, 0.25) is 0 Å². The Morgan fingerprint density at radius 3 is 0.980 bits per heavy atom. The van der Waals surface area contributed by atoms with Gasteiger partial charge in [-0.05, 0) is 58.2 Å². The van der Waals surface area contributed by atoms with E-state index in [0.717, 1.165) is 107 Å². The molecule has 7 aromatic carbocycles. The number of hydrogen-bond acceptors (Lipinski definition) is 6. The summed E-state index contributed by atoms with van der Waals surface area (Å²) in [7, 11) is 0. The van der Waals surface area contributed by atoms with Crippen LogP contribution in [0, 0.1) is 0 Å². The van der Waals surface area contributed by atoms with Gasteiger partial charge in [-0.3, -0.25) is 0 Å². The van der Waals surface area contributed by atoms with Gasteiger partial charge in [0, 0.05) is 39.4 Å². The normalized spacial score (nSPS) is 14.7. The quantitative estimate of drug-likeness (QED) is 0.232. The van der Waals surface area contributed by atoms with Crippen molar-refractivity contribution in [2.75, 3.05) is 0 Å². The van der Waals surface area contributed by atoms with Crippen LogP contribution in [0.1, 0.15) is 0 Å². The van der Waals surface area contributed by atoms with Gasteiger partial charge in [0.15, 0.2) is 0 Å². The van der Waals surface area contributed by atoms with Crippen molar-refractivity contribution in [1.82, 2.24) is 0 Å². The van der Waals surface area contributed by atoms with E-state index in [2.05, 4.69) is 60.7 Å². The molecular weight excluding hydrogens is 633 g/mol. The smallest absolute Gasteiger partial charge is 0.270 e.